The van der Waals surface area contributed by atoms with E-state index in [2.05, 4.69) is 4.74 Å². The van der Waals surface area contributed by atoms with Crippen molar-refractivity contribution in [2.24, 2.45) is 0 Å². The highest BCUT2D eigenvalue weighted by molar-refractivity contribution is 7.85. The van der Waals surface area contributed by atoms with Gasteiger partial charge in [0.1, 0.15) is 0 Å². The minimum atomic E-state index is -5.52. The number of hydrogen-bond acceptors (Lipinski definition) is 4. The Morgan fingerprint density at radius 3 is 1.60 bits per heavy atom. The number of rotatable bonds is 2. The van der Waals surface area contributed by atoms with Crippen LogP contribution in [0.4, 0.5) is 17.6 Å². The molecule has 0 aliphatic carbocycles. The number of hydrogen-bond donors (Lipinski definition) is 1. The van der Waals surface area contributed by atoms with Gasteiger partial charge < -0.3 is 4.74 Å². The van der Waals surface area contributed by atoms with Gasteiger partial charge in [0.2, 0.25) is 17.4 Å². The highest BCUT2D eigenvalue weighted by atomic mass is 32.2. The van der Waals surface area contributed by atoms with E-state index >= 15 is 0 Å². The molecule has 0 atom stereocenters. The van der Waals surface area contributed by atoms with E-state index < -0.39 is 50.0 Å². The van der Waals surface area contributed by atoms with E-state index in [1.807, 2.05) is 13.8 Å². The first-order chi connectivity index (χ1) is 9.07. The van der Waals surface area contributed by atoms with E-state index in [1.165, 1.54) is 0 Å². The van der Waals surface area contributed by atoms with Crippen molar-refractivity contribution < 1.29 is 40.1 Å². The van der Waals surface area contributed by atoms with Crippen LogP contribution in [-0.2, 0) is 14.9 Å². The third-order valence-electron chi connectivity index (χ3n) is 1.69. The van der Waals surface area contributed by atoms with E-state index in [9.17, 15) is 30.8 Å². The van der Waals surface area contributed by atoms with Crippen LogP contribution in [-0.4, -0.2) is 18.9 Å². The quantitative estimate of drug-likeness (QED) is 0.298. The number of esters is 1. The zero-order valence-electron chi connectivity index (χ0n) is 10.5. The van der Waals surface area contributed by atoms with Crippen LogP contribution in [0, 0.1) is 23.3 Å². The largest absolute Gasteiger partial charge is 0.420 e. The topological polar surface area (TPSA) is 80.7 Å². The van der Waals surface area contributed by atoms with Gasteiger partial charge >= 0.3 is 16.1 Å². The summed E-state index contributed by atoms with van der Waals surface area (Å²) in [5.74, 6) is -12.3. The molecular weight excluding hydrogens is 308 g/mol. The van der Waals surface area contributed by atoms with Crippen LogP contribution in [0.5, 0.6) is 5.75 Å². The molecule has 0 unspecified atom stereocenters. The normalized spacial score (nSPS) is 10.6. The van der Waals surface area contributed by atoms with E-state index in [-0.39, 0.29) is 0 Å². The molecule has 10 heteroatoms. The second-order valence-electron chi connectivity index (χ2n) is 2.98. The molecule has 0 aliphatic rings. The first-order valence-electron chi connectivity index (χ1n) is 5.09. The molecule has 114 valence electrons. The van der Waals surface area contributed by atoms with Crippen molar-refractivity contribution >= 4 is 16.1 Å². The maximum absolute atomic E-state index is 13.2. The summed E-state index contributed by atoms with van der Waals surface area (Å²) in [6.45, 7) is 4.70. The van der Waals surface area contributed by atoms with Crippen LogP contribution >= 0.6 is 0 Å². The van der Waals surface area contributed by atoms with Gasteiger partial charge in [0.25, 0.3) is 0 Å². The van der Waals surface area contributed by atoms with Crippen molar-refractivity contribution in [2.75, 3.05) is 0 Å². The average Bonchev–Trinajstić information content (AvgIpc) is 2.33. The fourth-order valence-corrected chi connectivity index (χ4v) is 1.68. The summed E-state index contributed by atoms with van der Waals surface area (Å²) in [5.41, 5.74) is 0. The van der Waals surface area contributed by atoms with Gasteiger partial charge in [0.15, 0.2) is 16.5 Å². The standard InChI is InChI=1S/C8H4F4O5S.C2H6/c1-2(13)17-7-3(9)5(11)8(18(14,15)16)6(12)4(7)10;1-2/h1H3,(H,14,15,16);1-2H3. The molecule has 0 bridgehead atoms. The summed E-state index contributed by atoms with van der Waals surface area (Å²) in [7, 11) is -5.52. The maximum Gasteiger partial charge on any atom is 0.308 e. The highest BCUT2D eigenvalue weighted by Crippen LogP contribution is 2.32. The first-order valence-corrected chi connectivity index (χ1v) is 6.53. The number of ether oxygens (including phenoxy) is 1. The molecule has 0 spiro atoms. The van der Waals surface area contributed by atoms with Crippen molar-refractivity contribution in [1.82, 2.24) is 0 Å². The smallest absolute Gasteiger partial charge is 0.308 e. The maximum atomic E-state index is 13.2. The number of carbonyl (C=O) groups is 1. The molecule has 0 heterocycles. The van der Waals surface area contributed by atoms with Gasteiger partial charge in [-0.05, 0) is 0 Å². The Balaban J connectivity index is 0.00000172. The Bertz CT molecular complexity index is 598. The second-order valence-corrected chi connectivity index (χ2v) is 4.34. The summed E-state index contributed by atoms with van der Waals surface area (Å²) in [6, 6.07) is 0. The van der Waals surface area contributed by atoms with Gasteiger partial charge in [-0.25, -0.2) is 8.78 Å². The lowest BCUT2D eigenvalue weighted by Crippen LogP contribution is -2.14. The Morgan fingerprint density at radius 2 is 1.35 bits per heavy atom. The van der Waals surface area contributed by atoms with Crippen LogP contribution in [0.25, 0.3) is 0 Å². The van der Waals surface area contributed by atoms with E-state index in [1.54, 1.807) is 0 Å². The molecule has 0 radical (unpaired) electrons. The van der Waals surface area contributed by atoms with Gasteiger partial charge in [-0.15, -0.1) is 0 Å². The van der Waals surface area contributed by atoms with Crippen molar-refractivity contribution in [3.8, 4) is 5.75 Å². The molecule has 5 nitrogen and oxygen atoms in total. The van der Waals surface area contributed by atoms with Crippen LogP contribution in [0.1, 0.15) is 20.8 Å². The lowest BCUT2D eigenvalue weighted by Gasteiger charge is -2.09. The van der Waals surface area contributed by atoms with Crippen LogP contribution in [0.3, 0.4) is 0 Å². The molecule has 1 aromatic rings. The summed E-state index contributed by atoms with van der Waals surface area (Å²) in [4.78, 5) is 8.25. The minimum Gasteiger partial charge on any atom is -0.420 e. The fourth-order valence-electron chi connectivity index (χ4n) is 1.05. The number of halogens is 4. The zero-order valence-corrected chi connectivity index (χ0v) is 11.3. The Morgan fingerprint density at radius 1 is 1.00 bits per heavy atom. The van der Waals surface area contributed by atoms with Crippen molar-refractivity contribution in [2.45, 2.75) is 25.7 Å². The molecule has 0 saturated carbocycles. The fraction of sp³-hybridized carbons (Fsp3) is 0.300. The molecule has 20 heavy (non-hydrogen) atoms. The van der Waals surface area contributed by atoms with Crippen LogP contribution in [0.15, 0.2) is 4.90 Å². The summed E-state index contributed by atoms with van der Waals surface area (Å²) in [6.07, 6.45) is 0. The summed E-state index contributed by atoms with van der Waals surface area (Å²) in [5, 5.41) is 0. The van der Waals surface area contributed by atoms with Gasteiger partial charge in [0, 0.05) is 6.92 Å². The predicted octanol–water partition coefficient (Wildman–Crippen LogP) is 2.44. The van der Waals surface area contributed by atoms with Crippen LogP contribution in [0.2, 0.25) is 0 Å². The van der Waals surface area contributed by atoms with E-state index in [4.69, 9.17) is 4.55 Å². The van der Waals surface area contributed by atoms with Crippen molar-refractivity contribution in [3.63, 3.8) is 0 Å². The van der Waals surface area contributed by atoms with Gasteiger partial charge in [-0.3, -0.25) is 9.35 Å². The van der Waals surface area contributed by atoms with Gasteiger partial charge in [-0.1, -0.05) is 13.8 Å². The Hall–Kier alpha value is -1.68. The number of benzene rings is 1. The van der Waals surface area contributed by atoms with E-state index in [0.717, 1.165) is 0 Å². The summed E-state index contributed by atoms with van der Waals surface area (Å²) < 4.78 is 86.0. The number of carbonyl (C=O) groups excluding carboxylic acids is 1. The molecular formula is C10H10F4O5S. The lowest BCUT2D eigenvalue weighted by atomic mass is 10.3. The molecule has 0 saturated heterocycles. The molecule has 1 rings (SSSR count). The molecule has 0 amide bonds. The summed E-state index contributed by atoms with van der Waals surface area (Å²) >= 11 is 0. The molecule has 1 N–H and O–H groups in total. The van der Waals surface area contributed by atoms with Gasteiger partial charge in [-0.2, -0.15) is 17.2 Å². The third kappa shape index (κ3) is 3.67. The van der Waals surface area contributed by atoms with E-state index in [0.29, 0.717) is 6.92 Å². The van der Waals surface area contributed by atoms with Crippen molar-refractivity contribution in [1.29, 1.82) is 0 Å². The minimum absolute atomic E-state index is 0.700. The highest BCUT2D eigenvalue weighted by Gasteiger charge is 2.33. The predicted molar refractivity (Wildman–Crippen MR) is 58.7 cm³/mol. The third-order valence-corrected chi connectivity index (χ3v) is 2.56. The first kappa shape index (κ1) is 18.3. The zero-order chi connectivity index (χ0) is 16.2. The molecule has 0 aliphatic heterocycles. The Labute approximate surface area is 111 Å². The molecule has 0 aromatic heterocycles. The van der Waals surface area contributed by atoms with Crippen LogP contribution < -0.4 is 4.74 Å². The average molecular weight is 318 g/mol. The monoisotopic (exact) mass is 318 g/mol. The van der Waals surface area contributed by atoms with Crippen molar-refractivity contribution in [3.05, 3.63) is 23.3 Å². The SMILES string of the molecule is CC.CC(=O)Oc1c(F)c(F)c(S(=O)(=O)O)c(F)c1F. The van der Waals surface area contributed by atoms with Gasteiger partial charge in [0.05, 0.1) is 0 Å². The molecule has 1 aromatic carbocycles. The molecule has 0 fully saturated rings. The second kappa shape index (κ2) is 6.66. The lowest BCUT2D eigenvalue weighted by molar-refractivity contribution is -0.132. The Kier molecular flexibility index (Phi) is 6.10.